The summed E-state index contributed by atoms with van der Waals surface area (Å²) in [5, 5.41) is 2.98. The zero-order chi connectivity index (χ0) is 14.1. The van der Waals surface area contributed by atoms with Gasteiger partial charge in [-0.2, -0.15) is 0 Å². The Morgan fingerprint density at radius 2 is 2.26 bits per heavy atom. The van der Waals surface area contributed by atoms with Gasteiger partial charge in [0.05, 0.1) is 6.54 Å². The van der Waals surface area contributed by atoms with Gasteiger partial charge in [-0.15, -0.1) is 0 Å². The number of hydrogen-bond donors (Lipinski definition) is 2. The van der Waals surface area contributed by atoms with Crippen molar-refractivity contribution in [1.29, 1.82) is 0 Å². The number of ether oxygens (including phenoxy) is 1. The minimum atomic E-state index is -0.289. The Labute approximate surface area is 121 Å². The Balaban J connectivity index is 2.34. The molecule has 0 spiro atoms. The molecule has 0 saturated carbocycles. The summed E-state index contributed by atoms with van der Waals surface area (Å²) < 4.78 is 19.0. The van der Waals surface area contributed by atoms with E-state index in [4.69, 9.17) is 10.5 Å². The quantitative estimate of drug-likeness (QED) is 0.458. The van der Waals surface area contributed by atoms with E-state index in [1.807, 2.05) is 13.0 Å². The second-order valence-electron chi connectivity index (χ2n) is 3.96. The maximum atomic E-state index is 13.1. The van der Waals surface area contributed by atoms with E-state index in [2.05, 4.69) is 26.2 Å². The average Bonchev–Trinajstić information content (AvgIpc) is 2.35. The van der Waals surface area contributed by atoms with Crippen LogP contribution in [0, 0.1) is 5.82 Å². The van der Waals surface area contributed by atoms with Crippen molar-refractivity contribution in [1.82, 2.24) is 5.32 Å². The second kappa shape index (κ2) is 8.87. The molecule has 0 aromatic heterocycles. The fraction of sp³-hybridized carbons (Fsp3) is 0.462. The van der Waals surface area contributed by atoms with Gasteiger partial charge in [0, 0.05) is 24.2 Å². The van der Waals surface area contributed by atoms with E-state index in [1.54, 1.807) is 0 Å². The fourth-order valence-electron chi connectivity index (χ4n) is 1.47. The van der Waals surface area contributed by atoms with Gasteiger partial charge < -0.3 is 15.8 Å². The summed E-state index contributed by atoms with van der Waals surface area (Å²) in [6.07, 6.45) is 0.871. The first-order valence-electron chi connectivity index (χ1n) is 6.18. The number of hydrogen-bond acceptors (Lipinski definition) is 2. The van der Waals surface area contributed by atoms with Crippen molar-refractivity contribution in [2.75, 3.05) is 19.8 Å². The Bertz CT molecular complexity index is 406. The smallest absolute Gasteiger partial charge is 0.188 e. The molecule has 6 heteroatoms. The van der Waals surface area contributed by atoms with Gasteiger partial charge in [-0.05, 0) is 37.1 Å². The SMILES string of the molecule is CCOCCCNC(N)=NCc1cc(F)cc(Br)c1. The lowest BCUT2D eigenvalue weighted by molar-refractivity contribution is 0.145. The molecule has 0 radical (unpaired) electrons. The summed E-state index contributed by atoms with van der Waals surface area (Å²) >= 11 is 3.24. The molecule has 0 unspecified atom stereocenters. The molecule has 0 amide bonds. The van der Waals surface area contributed by atoms with Crippen LogP contribution >= 0.6 is 15.9 Å². The van der Waals surface area contributed by atoms with Gasteiger partial charge in [-0.1, -0.05) is 15.9 Å². The molecule has 4 nitrogen and oxygen atoms in total. The lowest BCUT2D eigenvalue weighted by Gasteiger charge is -2.06. The van der Waals surface area contributed by atoms with Gasteiger partial charge in [0.1, 0.15) is 5.82 Å². The summed E-state index contributed by atoms with van der Waals surface area (Å²) in [7, 11) is 0. The van der Waals surface area contributed by atoms with E-state index in [1.165, 1.54) is 12.1 Å². The third kappa shape index (κ3) is 7.12. The predicted octanol–water partition coefficient (Wildman–Crippen LogP) is 2.42. The molecular weight excluding hydrogens is 313 g/mol. The molecule has 1 rings (SSSR count). The summed E-state index contributed by atoms with van der Waals surface area (Å²) in [5.41, 5.74) is 6.47. The van der Waals surface area contributed by atoms with Gasteiger partial charge in [0.2, 0.25) is 0 Å². The normalized spacial score (nSPS) is 11.6. The molecule has 0 heterocycles. The Kier molecular flexibility index (Phi) is 7.43. The minimum Gasteiger partial charge on any atom is -0.382 e. The number of nitrogens with zero attached hydrogens (tertiary/aromatic N) is 1. The van der Waals surface area contributed by atoms with Crippen LogP contribution in [-0.2, 0) is 11.3 Å². The Morgan fingerprint density at radius 1 is 1.47 bits per heavy atom. The molecule has 0 bridgehead atoms. The number of guanidine groups is 1. The highest BCUT2D eigenvalue weighted by molar-refractivity contribution is 9.10. The Hall–Kier alpha value is -1.14. The number of halogens is 2. The third-order valence-corrected chi connectivity index (χ3v) is 2.79. The van der Waals surface area contributed by atoms with E-state index in [0.717, 1.165) is 18.6 Å². The molecule has 106 valence electrons. The first kappa shape index (κ1) is 15.9. The predicted molar refractivity (Wildman–Crippen MR) is 78.5 cm³/mol. The van der Waals surface area contributed by atoms with Crippen molar-refractivity contribution in [3.63, 3.8) is 0 Å². The standard InChI is InChI=1S/C13H19BrFN3O/c1-2-19-5-3-4-17-13(16)18-9-10-6-11(14)8-12(15)7-10/h6-8H,2-5,9H2,1H3,(H3,16,17,18). The maximum absolute atomic E-state index is 13.1. The van der Waals surface area contributed by atoms with Crippen molar-refractivity contribution < 1.29 is 9.13 Å². The summed E-state index contributed by atoms with van der Waals surface area (Å²) in [4.78, 5) is 4.15. The molecule has 1 aromatic carbocycles. The highest BCUT2D eigenvalue weighted by Crippen LogP contribution is 2.15. The summed E-state index contributed by atoms with van der Waals surface area (Å²) in [6.45, 7) is 4.44. The largest absolute Gasteiger partial charge is 0.382 e. The molecule has 0 fully saturated rings. The zero-order valence-electron chi connectivity index (χ0n) is 11.0. The number of nitrogens with one attached hydrogen (secondary N) is 1. The third-order valence-electron chi connectivity index (χ3n) is 2.33. The summed E-state index contributed by atoms with van der Waals surface area (Å²) in [5.74, 6) is 0.0692. The van der Waals surface area contributed by atoms with Crippen LogP contribution in [0.2, 0.25) is 0 Å². The van der Waals surface area contributed by atoms with E-state index >= 15 is 0 Å². The molecule has 0 aliphatic heterocycles. The van der Waals surface area contributed by atoms with E-state index in [-0.39, 0.29) is 5.82 Å². The number of rotatable bonds is 7. The van der Waals surface area contributed by atoms with Crippen molar-refractivity contribution in [3.05, 3.63) is 34.1 Å². The van der Waals surface area contributed by atoms with Crippen LogP contribution in [0.5, 0.6) is 0 Å². The average molecular weight is 332 g/mol. The summed E-state index contributed by atoms with van der Waals surface area (Å²) in [6, 6.07) is 4.66. The van der Waals surface area contributed by atoms with Crippen molar-refractivity contribution in [3.8, 4) is 0 Å². The van der Waals surface area contributed by atoms with Crippen LogP contribution < -0.4 is 11.1 Å². The molecule has 3 N–H and O–H groups in total. The lowest BCUT2D eigenvalue weighted by atomic mass is 10.2. The molecule has 0 aliphatic carbocycles. The number of benzene rings is 1. The van der Waals surface area contributed by atoms with E-state index in [9.17, 15) is 4.39 Å². The van der Waals surface area contributed by atoms with Crippen LogP contribution in [0.25, 0.3) is 0 Å². The highest BCUT2D eigenvalue weighted by atomic mass is 79.9. The fourth-order valence-corrected chi connectivity index (χ4v) is 1.98. The minimum absolute atomic E-state index is 0.289. The van der Waals surface area contributed by atoms with E-state index < -0.39 is 0 Å². The molecule has 0 atom stereocenters. The molecule has 0 aliphatic rings. The highest BCUT2D eigenvalue weighted by Gasteiger charge is 1.99. The van der Waals surface area contributed by atoms with Gasteiger partial charge in [-0.25, -0.2) is 9.38 Å². The first-order chi connectivity index (χ1) is 9.11. The second-order valence-corrected chi connectivity index (χ2v) is 4.87. The van der Waals surface area contributed by atoms with Gasteiger partial charge >= 0.3 is 0 Å². The topological polar surface area (TPSA) is 59.6 Å². The molecule has 0 saturated heterocycles. The maximum Gasteiger partial charge on any atom is 0.188 e. The van der Waals surface area contributed by atoms with Crippen molar-refractivity contribution in [2.45, 2.75) is 19.9 Å². The molecule has 1 aromatic rings. The van der Waals surface area contributed by atoms with Crippen LogP contribution in [0.3, 0.4) is 0 Å². The molecular formula is C13H19BrFN3O. The number of nitrogens with two attached hydrogens (primary N) is 1. The van der Waals surface area contributed by atoms with Crippen LogP contribution in [-0.4, -0.2) is 25.7 Å². The van der Waals surface area contributed by atoms with E-state index in [0.29, 0.717) is 30.1 Å². The first-order valence-corrected chi connectivity index (χ1v) is 6.97. The van der Waals surface area contributed by atoms with Crippen LogP contribution in [0.4, 0.5) is 4.39 Å². The monoisotopic (exact) mass is 331 g/mol. The molecule has 19 heavy (non-hydrogen) atoms. The zero-order valence-corrected chi connectivity index (χ0v) is 12.5. The van der Waals surface area contributed by atoms with Gasteiger partial charge in [0.15, 0.2) is 5.96 Å². The number of aliphatic imine (C=N–C) groups is 1. The van der Waals surface area contributed by atoms with Crippen LogP contribution in [0.15, 0.2) is 27.7 Å². The van der Waals surface area contributed by atoms with Crippen molar-refractivity contribution in [2.24, 2.45) is 10.7 Å². The van der Waals surface area contributed by atoms with Crippen molar-refractivity contribution >= 4 is 21.9 Å². The lowest BCUT2D eigenvalue weighted by Crippen LogP contribution is -2.32. The Morgan fingerprint density at radius 3 is 2.95 bits per heavy atom. The van der Waals surface area contributed by atoms with Crippen LogP contribution in [0.1, 0.15) is 18.9 Å². The van der Waals surface area contributed by atoms with Gasteiger partial charge in [0.25, 0.3) is 0 Å². The van der Waals surface area contributed by atoms with Gasteiger partial charge in [-0.3, -0.25) is 0 Å².